The normalized spacial score (nSPS) is 22.7. The lowest BCUT2D eigenvalue weighted by Crippen LogP contribution is -2.54. The van der Waals surface area contributed by atoms with Crippen LogP contribution in [0.5, 0.6) is 5.88 Å². The number of aromatic nitrogens is 1. The highest BCUT2D eigenvalue weighted by atomic mass is 19.3. The van der Waals surface area contributed by atoms with Crippen LogP contribution < -0.4 is 10.1 Å². The van der Waals surface area contributed by atoms with Crippen molar-refractivity contribution in [1.82, 2.24) is 15.2 Å². The van der Waals surface area contributed by atoms with Gasteiger partial charge in [-0.2, -0.15) is 8.78 Å². The second kappa shape index (κ2) is 7.21. The summed E-state index contributed by atoms with van der Waals surface area (Å²) in [5.41, 5.74) is 0.646. The quantitative estimate of drug-likeness (QED) is 0.897. The molecule has 1 amide bonds. The summed E-state index contributed by atoms with van der Waals surface area (Å²) in [5.74, 6) is -4.62. The summed E-state index contributed by atoms with van der Waals surface area (Å²) in [6.07, 6.45) is 2.13. The van der Waals surface area contributed by atoms with E-state index in [4.69, 9.17) is 4.74 Å². The Labute approximate surface area is 135 Å². The van der Waals surface area contributed by atoms with Crippen molar-refractivity contribution in [3.63, 3.8) is 0 Å². The Kier molecular flexibility index (Phi) is 5.51. The van der Waals surface area contributed by atoms with E-state index >= 15 is 0 Å². The largest absolute Gasteiger partial charge is 0.470 e. The van der Waals surface area contributed by atoms with Crippen molar-refractivity contribution in [2.75, 3.05) is 26.7 Å². The van der Waals surface area contributed by atoms with E-state index in [1.807, 2.05) is 14.0 Å². The molecular formula is C16H23F2N3O2. The van der Waals surface area contributed by atoms with Gasteiger partial charge in [-0.1, -0.05) is 13.0 Å². The highest BCUT2D eigenvalue weighted by Crippen LogP contribution is 2.21. The van der Waals surface area contributed by atoms with Crippen molar-refractivity contribution in [1.29, 1.82) is 0 Å². The second-order valence-electron chi connectivity index (χ2n) is 6.23. The summed E-state index contributed by atoms with van der Waals surface area (Å²) in [4.78, 5) is 17.9. The SMILES string of the molecule is Cc1cccnc1OCC(F)(F)C(=O)N[C@@H]1CCN(C)C[C@H]1C. The molecule has 1 fully saturated rings. The predicted molar refractivity (Wildman–Crippen MR) is 82.6 cm³/mol. The number of amides is 1. The van der Waals surface area contributed by atoms with Crippen LogP contribution in [0.2, 0.25) is 0 Å². The zero-order chi connectivity index (χ0) is 17.0. The van der Waals surface area contributed by atoms with Crippen LogP contribution in [0.25, 0.3) is 0 Å². The van der Waals surface area contributed by atoms with Gasteiger partial charge in [0.2, 0.25) is 5.88 Å². The molecule has 1 aromatic heterocycles. The van der Waals surface area contributed by atoms with Gasteiger partial charge in [-0.3, -0.25) is 4.79 Å². The van der Waals surface area contributed by atoms with Crippen LogP contribution in [0.1, 0.15) is 18.9 Å². The van der Waals surface area contributed by atoms with E-state index in [9.17, 15) is 13.6 Å². The van der Waals surface area contributed by atoms with Gasteiger partial charge in [0.25, 0.3) is 5.91 Å². The number of piperidine rings is 1. The number of hydrogen-bond acceptors (Lipinski definition) is 4. The fourth-order valence-electron chi connectivity index (χ4n) is 2.69. The number of carbonyl (C=O) groups excluding carboxylic acids is 1. The number of aryl methyl sites for hydroxylation is 1. The summed E-state index contributed by atoms with van der Waals surface area (Å²) < 4.78 is 33.1. The molecule has 1 aliphatic rings. The van der Waals surface area contributed by atoms with Gasteiger partial charge in [-0.05, 0) is 38.9 Å². The molecule has 1 N–H and O–H groups in total. The van der Waals surface area contributed by atoms with Gasteiger partial charge >= 0.3 is 5.92 Å². The molecule has 0 aromatic carbocycles. The molecule has 0 radical (unpaired) electrons. The van der Waals surface area contributed by atoms with E-state index in [2.05, 4.69) is 15.2 Å². The highest BCUT2D eigenvalue weighted by Gasteiger charge is 2.42. The van der Waals surface area contributed by atoms with Gasteiger partial charge in [0.15, 0.2) is 6.61 Å². The average Bonchev–Trinajstić information content (AvgIpc) is 2.49. The van der Waals surface area contributed by atoms with Crippen molar-refractivity contribution in [3.8, 4) is 5.88 Å². The van der Waals surface area contributed by atoms with Crippen molar-refractivity contribution in [2.45, 2.75) is 32.2 Å². The van der Waals surface area contributed by atoms with Crippen LogP contribution in [0.4, 0.5) is 8.78 Å². The van der Waals surface area contributed by atoms with Gasteiger partial charge in [0.1, 0.15) is 0 Å². The molecule has 0 aliphatic carbocycles. The fourth-order valence-corrected chi connectivity index (χ4v) is 2.69. The van der Waals surface area contributed by atoms with E-state index in [1.54, 1.807) is 19.1 Å². The Hall–Kier alpha value is -1.76. The Balaban J connectivity index is 1.91. The first-order valence-electron chi connectivity index (χ1n) is 7.71. The first kappa shape index (κ1) is 17.6. The number of alkyl halides is 2. The number of ether oxygens (including phenoxy) is 1. The van der Waals surface area contributed by atoms with Crippen molar-refractivity contribution < 1.29 is 18.3 Å². The number of rotatable bonds is 5. The van der Waals surface area contributed by atoms with Gasteiger partial charge in [-0.15, -0.1) is 0 Å². The summed E-state index contributed by atoms with van der Waals surface area (Å²) in [7, 11) is 1.98. The summed E-state index contributed by atoms with van der Waals surface area (Å²) >= 11 is 0. The first-order chi connectivity index (χ1) is 10.8. The molecule has 1 aromatic rings. The lowest BCUT2D eigenvalue weighted by Gasteiger charge is -2.35. The summed E-state index contributed by atoms with van der Waals surface area (Å²) in [6.45, 7) is 4.20. The van der Waals surface area contributed by atoms with E-state index in [-0.39, 0.29) is 17.8 Å². The average molecular weight is 327 g/mol. The standard InChI is InChI=1S/C16H23F2N3O2/c1-11-5-4-7-19-14(11)23-10-16(17,18)15(22)20-13-6-8-21(3)9-12(13)2/h4-5,7,12-13H,6,8-10H2,1-3H3,(H,20,22)/t12-,13-/m1/s1. The molecule has 1 aliphatic heterocycles. The molecule has 23 heavy (non-hydrogen) atoms. The summed E-state index contributed by atoms with van der Waals surface area (Å²) in [6, 6.07) is 3.16. The van der Waals surface area contributed by atoms with Gasteiger partial charge in [0.05, 0.1) is 0 Å². The number of pyridine rings is 1. The predicted octanol–water partition coefficient (Wildman–Crippen LogP) is 1.86. The van der Waals surface area contributed by atoms with Crippen LogP contribution in [-0.2, 0) is 4.79 Å². The number of halogens is 2. The maximum atomic E-state index is 14.0. The van der Waals surface area contributed by atoms with E-state index in [0.717, 1.165) is 13.1 Å². The fraction of sp³-hybridized carbons (Fsp3) is 0.625. The van der Waals surface area contributed by atoms with E-state index in [1.165, 1.54) is 6.20 Å². The molecule has 2 rings (SSSR count). The third kappa shape index (κ3) is 4.60. The number of carbonyl (C=O) groups is 1. The Bertz CT molecular complexity index is 554. The number of hydrogen-bond donors (Lipinski definition) is 1. The third-order valence-corrected chi connectivity index (χ3v) is 4.11. The Morgan fingerprint density at radius 3 is 2.96 bits per heavy atom. The van der Waals surface area contributed by atoms with Crippen LogP contribution in [0.15, 0.2) is 18.3 Å². The van der Waals surface area contributed by atoms with Crippen molar-refractivity contribution >= 4 is 5.91 Å². The molecule has 2 atom stereocenters. The molecule has 2 heterocycles. The first-order valence-corrected chi connectivity index (χ1v) is 7.71. The molecule has 5 nitrogen and oxygen atoms in total. The molecule has 0 unspecified atom stereocenters. The Morgan fingerprint density at radius 1 is 1.57 bits per heavy atom. The molecule has 7 heteroatoms. The van der Waals surface area contributed by atoms with E-state index in [0.29, 0.717) is 12.0 Å². The Morgan fingerprint density at radius 2 is 2.30 bits per heavy atom. The highest BCUT2D eigenvalue weighted by molar-refractivity contribution is 5.83. The topological polar surface area (TPSA) is 54.5 Å². The van der Waals surface area contributed by atoms with Crippen molar-refractivity contribution in [2.24, 2.45) is 5.92 Å². The minimum absolute atomic E-state index is 0.118. The lowest BCUT2D eigenvalue weighted by molar-refractivity contribution is -0.151. The molecule has 1 saturated heterocycles. The van der Waals surface area contributed by atoms with E-state index < -0.39 is 18.4 Å². The molecule has 128 valence electrons. The van der Waals surface area contributed by atoms with Crippen LogP contribution in [0, 0.1) is 12.8 Å². The number of likely N-dealkylation sites (tertiary alicyclic amines) is 1. The van der Waals surface area contributed by atoms with Crippen molar-refractivity contribution in [3.05, 3.63) is 23.9 Å². The smallest absolute Gasteiger partial charge is 0.357 e. The van der Waals surface area contributed by atoms with Gasteiger partial charge in [0, 0.05) is 24.3 Å². The minimum atomic E-state index is -3.59. The molecule has 0 spiro atoms. The molecule has 0 saturated carbocycles. The maximum Gasteiger partial charge on any atom is 0.357 e. The zero-order valence-corrected chi connectivity index (χ0v) is 13.7. The summed E-state index contributed by atoms with van der Waals surface area (Å²) in [5, 5.41) is 2.46. The third-order valence-electron chi connectivity index (χ3n) is 4.11. The number of nitrogens with zero attached hydrogens (tertiary/aromatic N) is 2. The lowest BCUT2D eigenvalue weighted by atomic mass is 9.94. The van der Waals surface area contributed by atoms with Gasteiger partial charge in [-0.25, -0.2) is 4.98 Å². The monoisotopic (exact) mass is 327 g/mol. The molecule has 0 bridgehead atoms. The van der Waals surface area contributed by atoms with Crippen LogP contribution in [-0.4, -0.2) is 54.5 Å². The number of nitrogens with one attached hydrogen (secondary N) is 1. The second-order valence-corrected chi connectivity index (χ2v) is 6.23. The molecular weight excluding hydrogens is 304 g/mol. The van der Waals surface area contributed by atoms with Gasteiger partial charge < -0.3 is 15.0 Å². The minimum Gasteiger partial charge on any atom is -0.470 e. The van der Waals surface area contributed by atoms with Crippen LogP contribution in [0.3, 0.4) is 0 Å². The zero-order valence-electron chi connectivity index (χ0n) is 13.7. The van der Waals surface area contributed by atoms with Crippen LogP contribution >= 0.6 is 0 Å². The maximum absolute atomic E-state index is 14.0.